The fourth-order valence-electron chi connectivity index (χ4n) is 2.82. The number of hydrogen-bond acceptors (Lipinski definition) is 6. The van der Waals surface area contributed by atoms with Crippen molar-refractivity contribution in [3.05, 3.63) is 10.6 Å². The van der Waals surface area contributed by atoms with Crippen molar-refractivity contribution in [2.75, 3.05) is 18.5 Å². The zero-order valence-corrected chi connectivity index (χ0v) is 12.8. The minimum absolute atomic E-state index is 0.0264. The third kappa shape index (κ3) is 2.88. The molecule has 1 saturated heterocycles. The van der Waals surface area contributed by atoms with Gasteiger partial charge < -0.3 is 15.4 Å². The Labute approximate surface area is 127 Å². The molecule has 1 aromatic heterocycles. The molecular formula is C14H19N3O3S. The van der Waals surface area contributed by atoms with Crippen molar-refractivity contribution in [1.29, 1.82) is 0 Å². The summed E-state index contributed by atoms with van der Waals surface area (Å²) in [7, 11) is 0. The molecule has 2 N–H and O–H groups in total. The summed E-state index contributed by atoms with van der Waals surface area (Å²) < 4.78 is 5.10. The Kier molecular flexibility index (Phi) is 4.10. The van der Waals surface area contributed by atoms with E-state index < -0.39 is 0 Å². The standard InChI is InChI=1S/C14H19N3O3S/c1-2-20-13(19)8-5-6-10-11(8)17-14(21-10)16-9-4-3-7-15-12(9)18/h8-9H,2-7H2,1H3,(H,15,18)(H,16,17). The van der Waals surface area contributed by atoms with E-state index in [1.165, 1.54) is 0 Å². The third-order valence-electron chi connectivity index (χ3n) is 3.87. The molecule has 0 spiro atoms. The highest BCUT2D eigenvalue weighted by atomic mass is 32.1. The summed E-state index contributed by atoms with van der Waals surface area (Å²) in [6.07, 6.45) is 3.42. The van der Waals surface area contributed by atoms with Crippen molar-refractivity contribution >= 4 is 28.3 Å². The van der Waals surface area contributed by atoms with Crippen LogP contribution in [0.2, 0.25) is 0 Å². The van der Waals surface area contributed by atoms with Gasteiger partial charge in [0.1, 0.15) is 12.0 Å². The van der Waals surface area contributed by atoms with Crippen molar-refractivity contribution in [3.8, 4) is 0 Å². The fourth-order valence-corrected chi connectivity index (χ4v) is 3.91. The van der Waals surface area contributed by atoms with Gasteiger partial charge in [-0.15, -0.1) is 11.3 Å². The van der Waals surface area contributed by atoms with Gasteiger partial charge in [0.15, 0.2) is 5.13 Å². The lowest BCUT2D eigenvalue weighted by atomic mass is 10.1. The molecule has 114 valence electrons. The van der Waals surface area contributed by atoms with Crippen molar-refractivity contribution in [3.63, 3.8) is 0 Å². The van der Waals surface area contributed by atoms with Crippen molar-refractivity contribution in [1.82, 2.24) is 10.3 Å². The number of amides is 1. The Morgan fingerprint density at radius 2 is 2.38 bits per heavy atom. The van der Waals surface area contributed by atoms with E-state index >= 15 is 0 Å². The second kappa shape index (κ2) is 6.01. The van der Waals surface area contributed by atoms with Crippen LogP contribution in [0, 0.1) is 0 Å². The minimum atomic E-state index is -0.244. The third-order valence-corrected chi connectivity index (χ3v) is 4.93. The molecule has 21 heavy (non-hydrogen) atoms. The maximum Gasteiger partial charge on any atom is 0.315 e. The lowest BCUT2D eigenvalue weighted by Crippen LogP contribution is -2.44. The van der Waals surface area contributed by atoms with Gasteiger partial charge in [-0.3, -0.25) is 9.59 Å². The summed E-state index contributed by atoms with van der Waals surface area (Å²) in [5, 5.41) is 6.77. The van der Waals surface area contributed by atoms with Crippen molar-refractivity contribution in [2.24, 2.45) is 0 Å². The largest absolute Gasteiger partial charge is 0.465 e. The number of anilines is 1. The average Bonchev–Trinajstić information content (AvgIpc) is 3.01. The van der Waals surface area contributed by atoms with E-state index in [0.29, 0.717) is 6.61 Å². The van der Waals surface area contributed by atoms with Gasteiger partial charge >= 0.3 is 5.97 Å². The van der Waals surface area contributed by atoms with Crippen LogP contribution < -0.4 is 10.6 Å². The van der Waals surface area contributed by atoms with Crippen LogP contribution in [0.4, 0.5) is 5.13 Å². The number of nitrogens with zero attached hydrogens (tertiary/aromatic N) is 1. The Hall–Kier alpha value is -1.63. The van der Waals surface area contributed by atoms with Crippen LogP contribution in [-0.4, -0.2) is 36.1 Å². The molecule has 6 nitrogen and oxygen atoms in total. The Balaban J connectivity index is 1.71. The molecule has 7 heteroatoms. The number of aryl methyl sites for hydroxylation is 1. The second-order valence-corrected chi connectivity index (χ2v) is 6.38. The van der Waals surface area contributed by atoms with E-state index in [2.05, 4.69) is 15.6 Å². The van der Waals surface area contributed by atoms with Crippen LogP contribution >= 0.6 is 11.3 Å². The average molecular weight is 309 g/mol. The summed E-state index contributed by atoms with van der Waals surface area (Å²) in [4.78, 5) is 29.3. The number of ether oxygens (including phenoxy) is 1. The first-order chi connectivity index (χ1) is 10.2. The van der Waals surface area contributed by atoms with Crippen LogP contribution in [0.3, 0.4) is 0 Å². The zero-order valence-electron chi connectivity index (χ0n) is 12.0. The minimum Gasteiger partial charge on any atom is -0.465 e. The number of thiazole rings is 1. The number of hydrogen-bond donors (Lipinski definition) is 2. The molecule has 2 aliphatic rings. The molecule has 0 radical (unpaired) electrons. The monoisotopic (exact) mass is 309 g/mol. The smallest absolute Gasteiger partial charge is 0.315 e. The molecule has 0 saturated carbocycles. The van der Waals surface area contributed by atoms with Gasteiger partial charge in [-0.05, 0) is 32.6 Å². The lowest BCUT2D eigenvalue weighted by molar-refractivity contribution is -0.145. The number of rotatable bonds is 4. The van der Waals surface area contributed by atoms with Crippen LogP contribution in [0.1, 0.15) is 42.7 Å². The van der Waals surface area contributed by atoms with E-state index in [0.717, 1.165) is 47.9 Å². The number of fused-ring (bicyclic) bond motifs is 1. The second-order valence-electron chi connectivity index (χ2n) is 5.30. The van der Waals surface area contributed by atoms with Crippen LogP contribution in [-0.2, 0) is 20.7 Å². The van der Waals surface area contributed by atoms with E-state index in [9.17, 15) is 9.59 Å². The topological polar surface area (TPSA) is 80.3 Å². The maximum absolute atomic E-state index is 11.9. The molecule has 3 rings (SSSR count). The van der Waals surface area contributed by atoms with Gasteiger partial charge in [0.25, 0.3) is 0 Å². The Bertz CT molecular complexity index is 558. The van der Waals surface area contributed by atoms with Gasteiger partial charge in [0, 0.05) is 11.4 Å². The molecule has 2 atom stereocenters. The predicted molar refractivity (Wildman–Crippen MR) is 79.5 cm³/mol. The predicted octanol–water partition coefficient (Wildman–Crippen LogP) is 1.43. The van der Waals surface area contributed by atoms with Crippen molar-refractivity contribution in [2.45, 2.75) is 44.6 Å². The Morgan fingerprint density at radius 3 is 3.14 bits per heavy atom. The quantitative estimate of drug-likeness (QED) is 0.822. The van der Waals surface area contributed by atoms with Crippen molar-refractivity contribution < 1.29 is 14.3 Å². The molecule has 2 heterocycles. The molecule has 1 amide bonds. The first-order valence-electron chi connectivity index (χ1n) is 7.39. The van der Waals surface area contributed by atoms with Gasteiger partial charge in [0.05, 0.1) is 12.3 Å². The van der Waals surface area contributed by atoms with E-state index in [1.54, 1.807) is 11.3 Å². The zero-order chi connectivity index (χ0) is 14.8. The Morgan fingerprint density at radius 1 is 1.52 bits per heavy atom. The van der Waals surface area contributed by atoms with E-state index in [1.807, 2.05) is 6.92 Å². The van der Waals surface area contributed by atoms with Crippen LogP contribution in [0.25, 0.3) is 0 Å². The van der Waals surface area contributed by atoms with E-state index in [-0.39, 0.29) is 23.8 Å². The number of piperidine rings is 1. The maximum atomic E-state index is 11.9. The summed E-state index contributed by atoms with van der Waals surface area (Å²) in [5.74, 6) is -0.408. The number of esters is 1. The summed E-state index contributed by atoms with van der Waals surface area (Å²) >= 11 is 1.55. The number of carbonyl (C=O) groups excluding carboxylic acids is 2. The summed E-state index contributed by atoms with van der Waals surface area (Å²) in [5.41, 5.74) is 0.831. The molecule has 1 aromatic rings. The van der Waals surface area contributed by atoms with Gasteiger partial charge in [0.2, 0.25) is 5.91 Å². The number of carbonyl (C=O) groups is 2. The summed E-state index contributed by atoms with van der Waals surface area (Å²) in [6, 6.07) is -0.217. The highest BCUT2D eigenvalue weighted by Crippen LogP contribution is 2.39. The molecule has 0 aromatic carbocycles. The molecule has 2 unspecified atom stereocenters. The van der Waals surface area contributed by atoms with Crippen LogP contribution in [0.5, 0.6) is 0 Å². The highest BCUT2D eigenvalue weighted by molar-refractivity contribution is 7.15. The lowest BCUT2D eigenvalue weighted by Gasteiger charge is -2.22. The van der Waals surface area contributed by atoms with Crippen LogP contribution in [0.15, 0.2) is 0 Å². The number of aromatic nitrogens is 1. The molecule has 1 fully saturated rings. The first-order valence-corrected chi connectivity index (χ1v) is 8.21. The molecule has 1 aliphatic heterocycles. The van der Waals surface area contributed by atoms with Gasteiger partial charge in [-0.1, -0.05) is 0 Å². The molecule has 0 bridgehead atoms. The van der Waals surface area contributed by atoms with E-state index in [4.69, 9.17) is 4.74 Å². The molecular weight excluding hydrogens is 290 g/mol. The van der Waals surface area contributed by atoms with Gasteiger partial charge in [-0.2, -0.15) is 0 Å². The highest BCUT2D eigenvalue weighted by Gasteiger charge is 2.34. The fraction of sp³-hybridized carbons (Fsp3) is 0.643. The first kappa shape index (κ1) is 14.3. The molecule has 1 aliphatic carbocycles. The SMILES string of the molecule is CCOC(=O)C1CCc2sc(NC3CCCNC3=O)nc21. The normalized spacial score (nSPS) is 24.3. The van der Waals surface area contributed by atoms with Gasteiger partial charge in [-0.25, -0.2) is 4.98 Å². The number of nitrogens with one attached hydrogen (secondary N) is 2. The summed E-state index contributed by atoms with van der Waals surface area (Å²) in [6.45, 7) is 2.95.